The van der Waals surface area contributed by atoms with Crippen molar-refractivity contribution in [1.82, 2.24) is 5.32 Å². The Morgan fingerprint density at radius 2 is 2.06 bits per heavy atom. The van der Waals surface area contributed by atoms with Crippen molar-refractivity contribution in [3.63, 3.8) is 0 Å². The molecular formula is C14H21NO2. The highest BCUT2D eigenvalue weighted by Crippen LogP contribution is 2.43. The number of nitrogens with one attached hydrogen (secondary N) is 1. The fraction of sp³-hybridized carbons (Fsp3) is 0.571. The van der Waals surface area contributed by atoms with E-state index in [0.29, 0.717) is 12.0 Å². The van der Waals surface area contributed by atoms with Gasteiger partial charge in [-0.1, -0.05) is 13.8 Å². The van der Waals surface area contributed by atoms with Crippen LogP contribution in [0.3, 0.4) is 0 Å². The smallest absolute Gasteiger partial charge is 0.127 e. The largest absolute Gasteiger partial charge is 0.497 e. The van der Waals surface area contributed by atoms with Gasteiger partial charge in [0.25, 0.3) is 0 Å². The van der Waals surface area contributed by atoms with Crippen LogP contribution in [0.1, 0.15) is 31.0 Å². The minimum absolute atomic E-state index is 0.399. The van der Waals surface area contributed by atoms with Gasteiger partial charge in [0.2, 0.25) is 0 Å². The molecule has 94 valence electrons. The second kappa shape index (κ2) is 4.96. The Morgan fingerprint density at radius 3 is 2.65 bits per heavy atom. The van der Waals surface area contributed by atoms with Crippen LogP contribution >= 0.6 is 0 Å². The van der Waals surface area contributed by atoms with Gasteiger partial charge in [-0.3, -0.25) is 0 Å². The van der Waals surface area contributed by atoms with Crippen LogP contribution in [0, 0.1) is 5.92 Å². The van der Waals surface area contributed by atoms with E-state index in [9.17, 15) is 0 Å². The number of ether oxygens (including phenoxy) is 2. The lowest BCUT2D eigenvalue weighted by molar-refractivity contribution is 0.376. The van der Waals surface area contributed by atoms with Crippen LogP contribution < -0.4 is 14.8 Å². The molecule has 0 aromatic heterocycles. The Balaban J connectivity index is 2.45. The maximum atomic E-state index is 5.50. The molecule has 2 atom stereocenters. The summed E-state index contributed by atoms with van der Waals surface area (Å²) in [7, 11) is 3.42. The summed E-state index contributed by atoms with van der Waals surface area (Å²) in [5.41, 5.74) is 2.65. The molecule has 1 aromatic carbocycles. The number of hydrogen-bond donors (Lipinski definition) is 1. The minimum atomic E-state index is 0.399. The van der Waals surface area contributed by atoms with Gasteiger partial charge in [-0.25, -0.2) is 0 Å². The quantitative estimate of drug-likeness (QED) is 0.870. The summed E-state index contributed by atoms with van der Waals surface area (Å²) >= 11 is 0. The molecule has 17 heavy (non-hydrogen) atoms. The first-order valence-electron chi connectivity index (χ1n) is 6.19. The van der Waals surface area contributed by atoms with Gasteiger partial charge >= 0.3 is 0 Å². The summed E-state index contributed by atoms with van der Waals surface area (Å²) in [5.74, 6) is 2.42. The molecule has 1 N–H and O–H groups in total. The lowest BCUT2D eigenvalue weighted by Gasteiger charge is -2.20. The first-order valence-corrected chi connectivity index (χ1v) is 6.19. The Bertz CT molecular complexity index is 403. The van der Waals surface area contributed by atoms with Gasteiger partial charge in [-0.05, 0) is 30.5 Å². The fourth-order valence-corrected chi connectivity index (χ4v) is 2.74. The van der Waals surface area contributed by atoms with Crippen LogP contribution in [0.2, 0.25) is 0 Å². The summed E-state index contributed by atoms with van der Waals surface area (Å²) in [5, 5.41) is 3.54. The van der Waals surface area contributed by atoms with Crippen molar-refractivity contribution in [3.8, 4) is 11.5 Å². The van der Waals surface area contributed by atoms with Crippen molar-refractivity contribution in [2.45, 2.75) is 26.3 Å². The summed E-state index contributed by atoms with van der Waals surface area (Å²) in [6.45, 7) is 5.39. The third-order valence-electron chi connectivity index (χ3n) is 3.50. The summed E-state index contributed by atoms with van der Waals surface area (Å²) in [6, 6.07) is 4.50. The Labute approximate surface area is 103 Å². The van der Waals surface area contributed by atoms with Gasteiger partial charge in [-0.2, -0.15) is 0 Å². The lowest BCUT2D eigenvalue weighted by Crippen LogP contribution is -2.23. The topological polar surface area (TPSA) is 30.5 Å². The lowest BCUT2D eigenvalue weighted by atomic mass is 10.0. The zero-order chi connectivity index (χ0) is 12.4. The number of benzene rings is 1. The van der Waals surface area contributed by atoms with Crippen LogP contribution in [-0.4, -0.2) is 20.8 Å². The van der Waals surface area contributed by atoms with E-state index in [0.717, 1.165) is 24.5 Å². The van der Waals surface area contributed by atoms with Crippen molar-refractivity contribution in [1.29, 1.82) is 0 Å². The maximum Gasteiger partial charge on any atom is 0.127 e. The molecule has 2 unspecified atom stereocenters. The zero-order valence-corrected chi connectivity index (χ0v) is 11.0. The van der Waals surface area contributed by atoms with E-state index in [-0.39, 0.29) is 0 Å². The van der Waals surface area contributed by atoms with E-state index in [1.807, 2.05) is 6.07 Å². The van der Waals surface area contributed by atoms with E-state index < -0.39 is 0 Å². The molecule has 0 amide bonds. The number of rotatable bonds is 4. The number of fused-ring (bicyclic) bond motifs is 1. The molecule has 0 aliphatic heterocycles. The normalized spacial score (nSPS) is 22.4. The average molecular weight is 235 g/mol. The monoisotopic (exact) mass is 235 g/mol. The molecule has 0 radical (unpaired) electrons. The second-order valence-corrected chi connectivity index (χ2v) is 4.62. The minimum Gasteiger partial charge on any atom is -0.497 e. The molecule has 0 fully saturated rings. The van der Waals surface area contributed by atoms with Crippen molar-refractivity contribution in [2.75, 3.05) is 20.8 Å². The number of methoxy groups -OCH3 is 2. The van der Waals surface area contributed by atoms with Gasteiger partial charge in [-0.15, -0.1) is 0 Å². The molecule has 0 saturated heterocycles. The molecular weight excluding hydrogens is 214 g/mol. The molecule has 1 aromatic rings. The molecule has 0 saturated carbocycles. The Morgan fingerprint density at radius 1 is 1.29 bits per heavy atom. The van der Waals surface area contributed by atoms with Crippen molar-refractivity contribution < 1.29 is 9.47 Å². The third-order valence-corrected chi connectivity index (χ3v) is 3.50. The fourth-order valence-electron chi connectivity index (χ4n) is 2.74. The predicted molar refractivity (Wildman–Crippen MR) is 68.8 cm³/mol. The zero-order valence-electron chi connectivity index (χ0n) is 11.0. The number of hydrogen-bond acceptors (Lipinski definition) is 3. The second-order valence-electron chi connectivity index (χ2n) is 4.62. The van der Waals surface area contributed by atoms with E-state index in [4.69, 9.17) is 9.47 Å². The van der Waals surface area contributed by atoms with Crippen molar-refractivity contribution >= 4 is 0 Å². The molecule has 0 bridgehead atoms. The highest BCUT2D eigenvalue weighted by atomic mass is 16.5. The summed E-state index contributed by atoms with van der Waals surface area (Å²) in [4.78, 5) is 0. The van der Waals surface area contributed by atoms with Crippen molar-refractivity contribution in [3.05, 3.63) is 23.3 Å². The van der Waals surface area contributed by atoms with E-state index in [2.05, 4.69) is 25.2 Å². The Hall–Kier alpha value is -1.22. The third kappa shape index (κ3) is 2.12. The van der Waals surface area contributed by atoms with Crippen LogP contribution in [0.15, 0.2) is 12.1 Å². The van der Waals surface area contributed by atoms with Gasteiger partial charge in [0, 0.05) is 17.7 Å². The van der Waals surface area contributed by atoms with E-state index >= 15 is 0 Å². The van der Waals surface area contributed by atoms with Crippen LogP contribution in [-0.2, 0) is 6.42 Å². The van der Waals surface area contributed by atoms with Crippen LogP contribution in [0.5, 0.6) is 11.5 Å². The first-order chi connectivity index (χ1) is 8.21. The predicted octanol–water partition coefficient (Wildman–Crippen LogP) is 2.55. The molecule has 3 heteroatoms. The Kier molecular flexibility index (Phi) is 3.57. The highest BCUT2D eigenvalue weighted by molar-refractivity contribution is 5.51. The van der Waals surface area contributed by atoms with Gasteiger partial charge in [0.15, 0.2) is 0 Å². The SMILES string of the molecule is CCNC1c2c(cc(OC)cc2OC)CC1C. The molecule has 0 spiro atoms. The first kappa shape index (κ1) is 12.2. The molecule has 0 heterocycles. The average Bonchev–Trinajstić information content (AvgIpc) is 2.65. The molecule has 3 nitrogen and oxygen atoms in total. The molecule has 2 rings (SSSR count). The molecule has 1 aliphatic carbocycles. The van der Waals surface area contributed by atoms with Gasteiger partial charge < -0.3 is 14.8 Å². The summed E-state index contributed by atoms with van der Waals surface area (Å²) < 4.78 is 10.8. The summed E-state index contributed by atoms with van der Waals surface area (Å²) in [6.07, 6.45) is 1.08. The van der Waals surface area contributed by atoms with Crippen molar-refractivity contribution in [2.24, 2.45) is 5.92 Å². The van der Waals surface area contributed by atoms with Crippen LogP contribution in [0.4, 0.5) is 0 Å². The van der Waals surface area contributed by atoms with E-state index in [1.54, 1.807) is 14.2 Å². The standard InChI is InChI=1S/C14H21NO2/c1-5-15-14-9(2)6-10-7-11(16-3)8-12(17-4)13(10)14/h7-9,14-15H,5-6H2,1-4H3. The maximum absolute atomic E-state index is 5.50. The van der Waals surface area contributed by atoms with Crippen LogP contribution in [0.25, 0.3) is 0 Å². The highest BCUT2D eigenvalue weighted by Gasteiger charge is 2.32. The van der Waals surface area contributed by atoms with Gasteiger partial charge in [0.05, 0.1) is 14.2 Å². The van der Waals surface area contributed by atoms with E-state index in [1.165, 1.54) is 11.1 Å². The van der Waals surface area contributed by atoms with Gasteiger partial charge in [0.1, 0.15) is 11.5 Å². The molecule has 1 aliphatic rings.